The Morgan fingerprint density at radius 1 is 1.33 bits per heavy atom. The van der Waals surface area contributed by atoms with E-state index in [1.807, 2.05) is 0 Å². The Hall–Kier alpha value is -1.52. The van der Waals surface area contributed by atoms with E-state index in [0.29, 0.717) is 22.2 Å². The molecule has 15 heavy (non-hydrogen) atoms. The van der Waals surface area contributed by atoms with Crippen molar-refractivity contribution in [2.45, 2.75) is 6.61 Å². The third kappa shape index (κ3) is 2.11. The van der Waals surface area contributed by atoms with Crippen LogP contribution in [-0.2, 0) is 6.61 Å². The largest absolute Gasteiger partial charge is 0.423 e. The average molecular weight is 228 g/mol. The van der Waals surface area contributed by atoms with Crippen LogP contribution in [0, 0.1) is 0 Å². The molecule has 0 aliphatic carbocycles. The number of rotatable bonds is 1. The second kappa shape index (κ2) is 4.33. The normalized spacial score (nSPS) is 9.93. The molecule has 5 heteroatoms. The molecule has 0 fully saturated rings. The van der Waals surface area contributed by atoms with Gasteiger partial charge in [-0.25, -0.2) is 4.79 Å². The number of fused-ring (bicyclic) bond motifs is 1. The molecular formula is C10H10ClNO3. The van der Waals surface area contributed by atoms with E-state index in [1.54, 1.807) is 18.2 Å². The van der Waals surface area contributed by atoms with Gasteiger partial charge in [0.1, 0.15) is 5.58 Å². The second-order valence-corrected chi connectivity index (χ2v) is 3.00. The lowest BCUT2D eigenvalue weighted by Gasteiger charge is -2.02. The van der Waals surface area contributed by atoms with Crippen molar-refractivity contribution in [1.82, 2.24) is 0 Å². The van der Waals surface area contributed by atoms with E-state index in [0.717, 1.165) is 0 Å². The zero-order valence-electron chi connectivity index (χ0n) is 7.77. The Labute approximate surface area is 91.7 Å². The molecule has 80 valence electrons. The number of aliphatic hydroxyl groups excluding tert-OH is 1. The number of halogens is 1. The Morgan fingerprint density at radius 3 is 2.73 bits per heavy atom. The van der Waals surface area contributed by atoms with Crippen molar-refractivity contribution in [3.8, 4) is 0 Å². The van der Waals surface area contributed by atoms with E-state index < -0.39 is 5.63 Å². The van der Waals surface area contributed by atoms with E-state index in [-0.39, 0.29) is 19.0 Å². The maximum Gasteiger partial charge on any atom is 0.336 e. The summed E-state index contributed by atoms with van der Waals surface area (Å²) < 4.78 is 4.94. The first-order valence-electron chi connectivity index (χ1n) is 4.14. The van der Waals surface area contributed by atoms with E-state index in [2.05, 4.69) is 0 Å². The van der Waals surface area contributed by atoms with Crippen LogP contribution in [0.1, 0.15) is 5.56 Å². The fourth-order valence-corrected chi connectivity index (χ4v) is 1.38. The first-order valence-corrected chi connectivity index (χ1v) is 4.14. The highest BCUT2D eigenvalue weighted by Crippen LogP contribution is 2.19. The maximum atomic E-state index is 11.1. The summed E-state index contributed by atoms with van der Waals surface area (Å²) in [5, 5.41) is 9.73. The van der Waals surface area contributed by atoms with Crippen LogP contribution in [0.2, 0.25) is 0 Å². The zero-order valence-corrected chi connectivity index (χ0v) is 8.58. The third-order valence-electron chi connectivity index (χ3n) is 2.02. The molecule has 0 amide bonds. The van der Waals surface area contributed by atoms with E-state index in [9.17, 15) is 4.79 Å². The molecule has 0 atom stereocenters. The van der Waals surface area contributed by atoms with Crippen molar-refractivity contribution in [2.75, 3.05) is 5.73 Å². The molecule has 2 rings (SSSR count). The SMILES string of the molecule is Cl.Nc1ccc2c(CO)cc(=O)oc2c1. The highest BCUT2D eigenvalue weighted by Gasteiger charge is 2.04. The van der Waals surface area contributed by atoms with Crippen LogP contribution in [0.4, 0.5) is 5.69 Å². The molecule has 0 saturated heterocycles. The minimum atomic E-state index is -0.479. The van der Waals surface area contributed by atoms with E-state index >= 15 is 0 Å². The summed E-state index contributed by atoms with van der Waals surface area (Å²) in [6, 6.07) is 6.26. The van der Waals surface area contributed by atoms with Crippen molar-refractivity contribution >= 4 is 29.1 Å². The lowest BCUT2D eigenvalue weighted by molar-refractivity contribution is 0.282. The van der Waals surface area contributed by atoms with Crippen LogP contribution < -0.4 is 11.4 Å². The van der Waals surface area contributed by atoms with Gasteiger partial charge in [-0.05, 0) is 17.7 Å². The molecule has 4 nitrogen and oxygen atoms in total. The van der Waals surface area contributed by atoms with Crippen molar-refractivity contribution in [1.29, 1.82) is 0 Å². The van der Waals surface area contributed by atoms with Gasteiger partial charge in [-0.3, -0.25) is 0 Å². The molecule has 0 radical (unpaired) electrons. The predicted molar refractivity (Wildman–Crippen MR) is 60.1 cm³/mol. The Bertz CT molecular complexity index is 536. The Kier molecular flexibility index (Phi) is 3.34. The molecule has 0 aliphatic rings. The molecule has 0 bridgehead atoms. The van der Waals surface area contributed by atoms with Gasteiger partial charge in [-0.2, -0.15) is 0 Å². The van der Waals surface area contributed by atoms with Gasteiger partial charge in [-0.1, -0.05) is 0 Å². The van der Waals surface area contributed by atoms with Gasteiger partial charge in [-0.15, -0.1) is 12.4 Å². The standard InChI is InChI=1S/C10H9NO3.ClH/c11-7-1-2-8-6(5-12)3-10(13)14-9(8)4-7;/h1-4,12H,5,11H2;1H. The number of hydrogen-bond donors (Lipinski definition) is 2. The molecule has 3 N–H and O–H groups in total. The first kappa shape index (κ1) is 11.6. The van der Waals surface area contributed by atoms with Crippen molar-refractivity contribution in [2.24, 2.45) is 0 Å². The monoisotopic (exact) mass is 227 g/mol. The number of nitrogens with two attached hydrogens (primary N) is 1. The second-order valence-electron chi connectivity index (χ2n) is 3.00. The van der Waals surface area contributed by atoms with Gasteiger partial charge >= 0.3 is 5.63 Å². The number of anilines is 1. The topological polar surface area (TPSA) is 76.5 Å². The van der Waals surface area contributed by atoms with Crippen molar-refractivity contribution < 1.29 is 9.52 Å². The third-order valence-corrected chi connectivity index (χ3v) is 2.02. The van der Waals surface area contributed by atoms with E-state index in [1.165, 1.54) is 6.07 Å². The quantitative estimate of drug-likeness (QED) is 0.569. The minimum absolute atomic E-state index is 0. The summed E-state index contributed by atoms with van der Waals surface area (Å²) in [6.45, 7) is -0.188. The summed E-state index contributed by atoms with van der Waals surface area (Å²) in [7, 11) is 0. The first-order chi connectivity index (χ1) is 6.70. The molecule has 0 unspecified atom stereocenters. The summed E-state index contributed by atoms with van der Waals surface area (Å²) in [5.74, 6) is 0. The van der Waals surface area contributed by atoms with Gasteiger partial charge in [0.2, 0.25) is 0 Å². The Balaban J connectivity index is 0.00000112. The maximum absolute atomic E-state index is 11.1. The van der Waals surface area contributed by atoms with Crippen LogP contribution >= 0.6 is 12.4 Å². The molecule has 1 heterocycles. The van der Waals surface area contributed by atoms with Crippen LogP contribution in [0.3, 0.4) is 0 Å². The summed E-state index contributed by atoms with van der Waals surface area (Å²) >= 11 is 0. The molecule has 0 saturated carbocycles. The molecule has 0 spiro atoms. The molecule has 1 aromatic carbocycles. The van der Waals surface area contributed by atoms with Crippen molar-refractivity contribution in [3.05, 3.63) is 40.2 Å². The number of hydrogen-bond acceptors (Lipinski definition) is 4. The molecule has 2 aromatic rings. The average Bonchev–Trinajstić information content (AvgIpc) is 2.15. The lowest BCUT2D eigenvalue weighted by atomic mass is 10.1. The number of benzene rings is 1. The fraction of sp³-hybridized carbons (Fsp3) is 0.100. The van der Waals surface area contributed by atoms with Crippen LogP contribution in [0.5, 0.6) is 0 Å². The smallest absolute Gasteiger partial charge is 0.336 e. The summed E-state index contributed by atoms with van der Waals surface area (Å²) in [4.78, 5) is 11.1. The molecular weight excluding hydrogens is 218 g/mol. The van der Waals surface area contributed by atoms with Crippen molar-refractivity contribution in [3.63, 3.8) is 0 Å². The van der Waals surface area contributed by atoms with Gasteiger partial charge in [0.15, 0.2) is 0 Å². The Morgan fingerprint density at radius 2 is 2.07 bits per heavy atom. The van der Waals surface area contributed by atoms with Crippen LogP contribution in [-0.4, -0.2) is 5.11 Å². The minimum Gasteiger partial charge on any atom is -0.423 e. The fourth-order valence-electron chi connectivity index (χ4n) is 1.38. The van der Waals surface area contributed by atoms with Gasteiger partial charge < -0.3 is 15.3 Å². The van der Waals surface area contributed by atoms with Gasteiger partial charge in [0.25, 0.3) is 0 Å². The van der Waals surface area contributed by atoms with E-state index in [4.69, 9.17) is 15.3 Å². The summed E-state index contributed by atoms with van der Waals surface area (Å²) in [6.07, 6.45) is 0. The highest BCUT2D eigenvalue weighted by atomic mass is 35.5. The van der Waals surface area contributed by atoms with Crippen LogP contribution in [0.25, 0.3) is 11.0 Å². The van der Waals surface area contributed by atoms with Gasteiger partial charge in [0, 0.05) is 23.2 Å². The van der Waals surface area contributed by atoms with Crippen LogP contribution in [0.15, 0.2) is 33.5 Å². The lowest BCUT2D eigenvalue weighted by Crippen LogP contribution is -2.00. The molecule has 0 aliphatic heterocycles. The molecule has 1 aromatic heterocycles. The summed E-state index contributed by atoms with van der Waals surface area (Å²) in [5.41, 5.74) is 6.54. The highest BCUT2D eigenvalue weighted by molar-refractivity contribution is 5.85. The number of nitrogen functional groups attached to an aromatic ring is 1. The number of aliphatic hydroxyl groups is 1. The predicted octanol–water partition coefficient (Wildman–Crippen LogP) is 1.29. The zero-order chi connectivity index (χ0) is 10.1. The van der Waals surface area contributed by atoms with Gasteiger partial charge in [0.05, 0.1) is 6.61 Å².